The molecule has 114 valence electrons. The highest BCUT2D eigenvalue weighted by molar-refractivity contribution is 7.14. The van der Waals surface area contributed by atoms with Crippen molar-refractivity contribution in [1.29, 1.82) is 0 Å². The Labute approximate surface area is 133 Å². The standard InChI is InChI=1S/C17H18N2O2S/c1-10-9-13(16(18)20)12-5-3-4-6-14(12)19(10)17(21)15-8-7-11(2)22-15/h3-8,10,13H,9H2,1-2H3,(H2,18,20)/t10-,13+/m1/s1. The minimum absolute atomic E-state index is 0.0130. The van der Waals surface area contributed by atoms with Gasteiger partial charge in [-0.1, -0.05) is 18.2 Å². The number of fused-ring (bicyclic) bond motifs is 1. The van der Waals surface area contributed by atoms with E-state index in [1.807, 2.05) is 50.2 Å². The summed E-state index contributed by atoms with van der Waals surface area (Å²) < 4.78 is 0. The Hall–Kier alpha value is -2.14. The van der Waals surface area contributed by atoms with Gasteiger partial charge < -0.3 is 10.6 Å². The van der Waals surface area contributed by atoms with Crippen LogP contribution in [0.25, 0.3) is 0 Å². The minimum atomic E-state index is -0.335. The summed E-state index contributed by atoms with van der Waals surface area (Å²) in [6.07, 6.45) is 0.558. The molecule has 22 heavy (non-hydrogen) atoms. The van der Waals surface area contributed by atoms with Gasteiger partial charge in [-0.05, 0) is 44.0 Å². The average molecular weight is 314 g/mol. The van der Waals surface area contributed by atoms with Gasteiger partial charge in [0.1, 0.15) is 0 Å². The molecule has 3 rings (SSSR count). The number of benzene rings is 1. The molecule has 0 fully saturated rings. The van der Waals surface area contributed by atoms with E-state index in [9.17, 15) is 9.59 Å². The summed E-state index contributed by atoms with van der Waals surface area (Å²) in [5, 5.41) is 0. The highest BCUT2D eigenvalue weighted by atomic mass is 32.1. The topological polar surface area (TPSA) is 63.4 Å². The van der Waals surface area contributed by atoms with Gasteiger partial charge in [0.05, 0.1) is 10.8 Å². The van der Waals surface area contributed by atoms with E-state index in [4.69, 9.17) is 5.73 Å². The number of hydrogen-bond acceptors (Lipinski definition) is 3. The molecular weight excluding hydrogens is 296 g/mol. The summed E-state index contributed by atoms with van der Waals surface area (Å²) >= 11 is 1.49. The lowest BCUT2D eigenvalue weighted by atomic mass is 9.85. The second-order valence-electron chi connectivity index (χ2n) is 5.68. The molecule has 0 spiro atoms. The van der Waals surface area contributed by atoms with Gasteiger partial charge in [-0.3, -0.25) is 9.59 Å². The molecule has 1 aliphatic rings. The molecule has 0 aliphatic carbocycles. The number of nitrogens with zero attached hydrogens (tertiary/aromatic N) is 1. The van der Waals surface area contributed by atoms with Crippen molar-refractivity contribution in [2.24, 2.45) is 5.73 Å². The van der Waals surface area contributed by atoms with Crippen LogP contribution in [0.5, 0.6) is 0 Å². The molecule has 1 aromatic heterocycles. The van der Waals surface area contributed by atoms with Crippen LogP contribution < -0.4 is 10.6 Å². The van der Waals surface area contributed by atoms with Crippen LogP contribution in [-0.2, 0) is 4.79 Å². The third kappa shape index (κ3) is 2.41. The lowest BCUT2D eigenvalue weighted by Gasteiger charge is -2.38. The quantitative estimate of drug-likeness (QED) is 0.926. The van der Waals surface area contributed by atoms with Crippen molar-refractivity contribution in [3.05, 3.63) is 51.7 Å². The van der Waals surface area contributed by atoms with Crippen LogP contribution in [0.3, 0.4) is 0 Å². The van der Waals surface area contributed by atoms with Gasteiger partial charge in [-0.15, -0.1) is 11.3 Å². The van der Waals surface area contributed by atoms with E-state index in [1.165, 1.54) is 11.3 Å². The van der Waals surface area contributed by atoms with Crippen LogP contribution in [0.2, 0.25) is 0 Å². The van der Waals surface area contributed by atoms with Gasteiger partial charge in [-0.25, -0.2) is 0 Å². The van der Waals surface area contributed by atoms with Crippen molar-refractivity contribution in [3.63, 3.8) is 0 Å². The Bertz CT molecular complexity index is 738. The SMILES string of the molecule is Cc1ccc(C(=O)N2c3ccccc3[C@@H](C(N)=O)C[C@H]2C)s1. The van der Waals surface area contributed by atoms with E-state index in [0.29, 0.717) is 6.42 Å². The maximum absolute atomic E-state index is 12.9. The molecule has 0 bridgehead atoms. The molecule has 0 saturated carbocycles. The van der Waals surface area contributed by atoms with Crippen molar-refractivity contribution in [3.8, 4) is 0 Å². The lowest BCUT2D eigenvalue weighted by molar-refractivity contribution is -0.119. The molecule has 0 radical (unpaired) electrons. The first-order chi connectivity index (χ1) is 10.5. The number of primary amides is 1. The van der Waals surface area contributed by atoms with Crippen molar-refractivity contribution < 1.29 is 9.59 Å². The Morgan fingerprint density at radius 3 is 2.59 bits per heavy atom. The van der Waals surface area contributed by atoms with Gasteiger partial charge >= 0.3 is 0 Å². The number of nitrogens with two attached hydrogens (primary N) is 1. The Balaban J connectivity index is 2.06. The van der Waals surface area contributed by atoms with Crippen LogP contribution in [-0.4, -0.2) is 17.9 Å². The zero-order valence-electron chi connectivity index (χ0n) is 12.6. The number of hydrogen-bond donors (Lipinski definition) is 1. The minimum Gasteiger partial charge on any atom is -0.369 e. The highest BCUT2D eigenvalue weighted by Gasteiger charge is 2.36. The maximum atomic E-state index is 12.9. The molecule has 0 saturated heterocycles. The van der Waals surface area contributed by atoms with Crippen molar-refractivity contribution in [2.75, 3.05) is 4.90 Å². The smallest absolute Gasteiger partial charge is 0.268 e. The first-order valence-electron chi connectivity index (χ1n) is 7.27. The Kier molecular flexibility index (Phi) is 3.74. The van der Waals surface area contributed by atoms with E-state index >= 15 is 0 Å². The van der Waals surface area contributed by atoms with Crippen molar-refractivity contribution >= 4 is 28.8 Å². The lowest BCUT2D eigenvalue weighted by Crippen LogP contribution is -2.45. The number of thiophene rings is 1. The number of aryl methyl sites for hydroxylation is 1. The van der Waals surface area contributed by atoms with E-state index in [2.05, 4.69) is 0 Å². The predicted molar refractivity (Wildman–Crippen MR) is 88.3 cm³/mol. The van der Waals surface area contributed by atoms with Gasteiger partial charge in [-0.2, -0.15) is 0 Å². The number of anilines is 1. The summed E-state index contributed by atoms with van der Waals surface area (Å²) in [4.78, 5) is 28.2. The van der Waals surface area contributed by atoms with Gasteiger partial charge in [0, 0.05) is 16.6 Å². The van der Waals surface area contributed by atoms with E-state index < -0.39 is 0 Å². The highest BCUT2D eigenvalue weighted by Crippen LogP contribution is 2.39. The van der Waals surface area contributed by atoms with E-state index in [0.717, 1.165) is 21.0 Å². The summed E-state index contributed by atoms with van der Waals surface area (Å²) in [6.45, 7) is 3.95. The molecule has 2 aromatic rings. The molecule has 2 heterocycles. The normalized spacial score (nSPS) is 20.5. The summed E-state index contributed by atoms with van der Waals surface area (Å²) in [6, 6.07) is 11.3. The molecule has 4 nitrogen and oxygen atoms in total. The van der Waals surface area contributed by atoms with Gasteiger partial charge in [0.25, 0.3) is 5.91 Å². The molecule has 2 atom stereocenters. The average Bonchev–Trinajstić information content (AvgIpc) is 2.92. The largest absolute Gasteiger partial charge is 0.369 e. The number of amides is 2. The monoisotopic (exact) mass is 314 g/mol. The molecule has 5 heteroatoms. The third-order valence-corrected chi connectivity index (χ3v) is 5.09. The summed E-state index contributed by atoms with van der Waals surface area (Å²) in [7, 11) is 0. The first-order valence-corrected chi connectivity index (χ1v) is 8.09. The molecule has 1 aliphatic heterocycles. The second kappa shape index (κ2) is 5.57. The van der Waals surface area contributed by atoms with Crippen molar-refractivity contribution in [2.45, 2.75) is 32.2 Å². The number of para-hydroxylation sites is 1. The van der Waals surface area contributed by atoms with Gasteiger partial charge in [0.2, 0.25) is 5.91 Å². The van der Waals surface area contributed by atoms with Crippen LogP contribution in [0.1, 0.15) is 39.4 Å². The van der Waals surface area contributed by atoms with E-state index in [1.54, 1.807) is 4.90 Å². The zero-order valence-corrected chi connectivity index (χ0v) is 13.4. The van der Waals surface area contributed by atoms with Crippen LogP contribution in [0.4, 0.5) is 5.69 Å². The molecule has 2 N–H and O–H groups in total. The second-order valence-corrected chi connectivity index (χ2v) is 6.97. The molecule has 1 aromatic carbocycles. The molecule has 2 amide bonds. The van der Waals surface area contributed by atoms with Crippen LogP contribution in [0.15, 0.2) is 36.4 Å². The Morgan fingerprint density at radius 1 is 1.23 bits per heavy atom. The fraction of sp³-hybridized carbons (Fsp3) is 0.294. The first kappa shape index (κ1) is 14.8. The molecule has 0 unspecified atom stereocenters. The fourth-order valence-electron chi connectivity index (χ4n) is 3.06. The van der Waals surface area contributed by atoms with Crippen molar-refractivity contribution in [1.82, 2.24) is 0 Å². The van der Waals surface area contributed by atoms with Crippen LogP contribution >= 0.6 is 11.3 Å². The molecular formula is C17H18N2O2S. The maximum Gasteiger partial charge on any atom is 0.268 e. The van der Waals surface area contributed by atoms with Crippen LogP contribution in [0, 0.1) is 6.92 Å². The Morgan fingerprint density at radius 2 is 1.95 bits per heavy atom. The van der Waals surface area contributed by atoms with E-state index in [-0.39, 0.29) is 23.8 Å². The summed E-state index contributed by atoms with van der Waals surface area (Å²) in [5.74, 6) is -0.681. The fourth-order valence-corrected chi connectivity index (χ4v) is 3.86. The summed E-state index contributed by atoms with van der Waals surface area (Å²) in [5.41, 5.74) is 7.17. The third-order valence-electron chi connectivity index (χ3n) is 4.10. The van der Waals surface area contributed by atoms with Gasteiger partial charge in [0.15, 0.2) is 0 Å². The number of carbonyl (C=O) groups is 2. The number of rotatable bonds is 2. The zero-order chi connectivity index (χ0) is 15.9. The predicted octanol–water partition coefficient (Wildman–Crippen LogP) is 3.06. The number of carbonyl (C=O) groups excluding carboxylic acids is 2.